The maximum Gasteiger partial charge on any atom is 0.222 e. The Morgan fingerprint density at radius 1 is 0.931 bits per heavy atom. The predicted octanol–water partition coefficient (Wildman–Crippen LogP) is 5.47. The molecule has 29 heavy (non-hydrogen) atoms. The van der Waals surface area contributed by atoms with Gasteiger partial charge in [0.05, 0.1) is 15.7 Å². The van der Waals surface area contributed by atoms with Gasteiger partial charge in [-0.1, -0.05) is 55.5 Å². The number of benzene rings is 1. The van der Waals surface area contributed by atoms with Gasteiger partial charge < -0.3 is 14.7 Å². The van der Waals surface area contributed by atoms with E-state index in [1.54, 1.807) is 0 Å². The molecule has 0 bridgehead atoms. The molecular formula is C23H35Cl2N3O. The lowest BCUT2D eigenvalue weighted by molar-refractivity contribution is -0.136. The summed E-state index contributed by atoms with van der Waals surface area (Å²) < 4.78 is 0. The summed E-state index contributed by atoms with van der Waals surface area (Å²) in [5.41, 5.74) is 1.06. The third-order valence-corrected chi connectivity index (χ3v) is 7.28. The van der Waals surface area contributed by atoms with Gasteiger partial charge in [0.2, 0.25) is 5.91 Å². The lowest BCUT2D eigenvalue weighted by Crippen LogP contribution is -2.46. The zero-order chi connectivity index (χ0) is 20.6. The molecule has 0 radical (unpaired) electrons. The van der Waals surface area contributed by atoms with E-state index >= 15 is 0 Å². The zero-order valence-electron chi connectivity index (χ0n) is 17.7. The molecular weight excluding hydrogens is 405 g/mol. The molecule has 0 unspecified atom stereocenters. The Bertz CT molecular complexity index is 656. The second-order valence-electron chi connectivity index (χ2n) is 8.33. The SMILES string of the molecule is CCN1CCN(c2cccc(Cl)c2Cl)CC1.O=C1CCCCN1C1CCCCC1. The van der Waals surface area contributed by atoms with Crippen LogP contribution in [0.1, 0.15) is 58.3 Å². The summed E-state index contributed by atoms with van der Waals surface area (Å²) in [6.07, 6.45) is 9.68. The highest BCUT2D eigenvalue weighted by molar-refractivity contribution is 6.43. The number of carbonyl (C=O) groups is 1. The van der Waals surface area contributed by atoms with E-state index < -0.39 is 0 Å². The van der Waals surface area contributed by atoms with Crippen molar-refractivity contribution >= 4 is 34.8 Å². The van der Waals surface area contributed by atoms with Crippen molar-refractivity contribution in [2.75, 3.05) is 44.2 Å². The molecule has 0 aromatic heterocycles. The standard InChI is InChI=1S/C12H16Cl2N2.C11H19NO/c1-2-15-6-8-16(9-7-15)11-5-3-4-10(13)12(11)14;13-11-8-4-5-9-12(11)10-6-2-1-3-7-10/h3-5H,2,6-9H2,1H3;10H,1-9H2. The van der Waals surface area contributed by atoms with Gasteiger partial charge in [-0.3, -0.25) is 4.79 Å². The molecule has 162 valence electrons. The quantitative estimate of drug-likeness (QED) is 0.624. The van der Waals surface area contributed by atoms with Crippen molar-refractivity contribution in [1.29, 1.82) is 0 Å². The zero-order valence-corrected chi connectivity index (χ0v) is 19.2. The van der Waals surface area contributed by atoms with Gasteiger partial charge in [0.15, 0.2) is 0 Å². The number of amides is 1. The lowest BCUT2D eigenvalue weighted by Gasteiger charge is -2.36. The van der Waals surface area contributed by atoms with Gasteiger partial charge in [-0.15, -0.1) is 0 Å². The number of piperidine rings is 1. The van der Waals surface area contributed by atoms with Crippen LogP contribution in [0.3, 0.4) is 0 Å². The van der Waals surface area contributed by atoms with Crippen molar-refractivity contribution in [2.24, 2.45) is 0 Å². The Labute approximate surface area is 186 Å². The number of piperazine rings is 1. The summed E-state index contributed by atoms with van der Waals surface area (Å²) in [4.78, 5) is 18.5. The highest BCUT2D eigenvalue weighted by Crippen LogP contribution is 2.32. The van der Waals surface area contributed by atoms with Crippen LogP contribution >= 0.6 is 23.2 Å². The molecule has 0 atom stereocenters. The Hall–Kier alpha value is -0.970. The third-order valence-electron chi connectivity index (χ3n) is 6.47. The summed E-state index contributed by atoms with van der Waals surface area (Å²) >= 11 is 12.2. The number of halogens is 2. The summed E-state index contributed by atoms with van der Waals surface area (Å²) in [6, 6.07) is 6.42. The molecule has 1 saturated carbocycles. The number of likely N-dealkylation sites (N-methyl/N-ethyl adjacent to an activating group) is 1. The van der Waals surface area contributed by atoms with E-state index in [2.05, 4.69) is 21.6 Å². The van der Waals surface area contributed by atoms with Gasteiger partial charge in [0.1, 0.15) is 0 Å². The van der Waals surface area contributed by atoms with E-state index in [-0.39, 0.29) is 0 Å². The van der Waals surface area contributed by atoms with Crippen molar-refractivity contribution in [3.05, 3.63) is 28.2 Å². The average molecular weight is 440 g/mol. The molecule has 1 aromatic rings. The number of hydrogen-bond acceptors (Lipinski definition) is 3. The number of likely N-dealkylation sites (tertiary alicyclic amines) is 1. The van der Waals surface area contributed by atoms with Gasteiger partial charge >= 0.3 is 0 Å². The number of carbonyl (C=O) groups excluding carboxylic acids is 1. The molecule has 3 fully saturated rings. The summed E-state index contributed by atoms with van der Waals surface area (Å²) in [5.74, 6) is 0.415. The van der Waals surface area contributed by atoms with Crippen LogP contribution in [-0.4, -0.2) is 61.0 Å². The smallest absolute Gasteiger partial charge is 0.222 e. The first-order chi connectivity index (χ1) is 14.1. The van der Waals surface area contributed by atoms with E-state index in [1.807, 2.05) is 18.2 Å². The van der Waals surface area contributed by atoms with E-state index in [4.69, 9.17) is 23.2 Å². The van der Waals surface area contributed by atoms with Crippen molar-refractivity contribution in [1.82, 2.24) is 9.80 Å². The van der Waals surface area contributed by atoms with Crippen LogP contribution in [0.2, 0.25) is 10.0 Å². The molecule has 1 aromatic carbocycles. The Balaban J connectivity index is 0.000000169. The minimum Gasteiger partial charge on any atom is -0.368 e. The van der Waals surface area contributed by atoms with Crippen molar-refractivity contribution in [3.63, 3.8) is 0 Å². The fraction of sp³-hybridized carbons (Fsp3) is 0.696. The Kier molecular flexibility index (Phi) is 8.95. The van der Waals surface area contributed by atoms with Crippen LogP contribution < -0.4 is 4.90 Å². The van der Waals surface area contributed by atoms with Gasteiger partial charge in [-0.2, -0.15) is 0 Å². The van der Waals surface area contributed by atoms with E-state index in [1.165, 1.54) is 38.5 Å². The van der Waals surface area contributed by atoms with Crippen molar-refractivity contribution < 1.29 is 4.79 Å². The molecule has 4 rings (SSSR count). The first-order valence-electron chi connectivity index (χ1n) is 11.3. The van der Waals surface area contributed by atoms with E-state index in [0.717, 1.165) is 57.8 Å². The minimum atomic E-state index is 0.415. The van der Waals surface area contributed by atoms with Crippen LogP contribution in [0.25, 0.3) is 0 Å². The average Bonchev–Trinajstić information content (AvgIpc) is 2.77. The number of hydrogen-bond donors (Lipinski definition) is 0. The van der Waals surface area contributed by atoms with E-state index in [9.17, 15) is 4.79 Å². The van der Waals surface area contributed by atoms with Crippen molar-refractivity contribution in [3.8, 4) is 0 Å². The fourth-order valence-electron chi connectivity index (χ4n) is 4.65. The van der Waals surface area contributed by atoms with Gasteiger partial charge in [-0.25, -0.2) is 0 Å². The topological polar surface area (TPSA) is 26.8 Å². The Morgan fingerprint density at radius 3 is 2.31 bits per heavy atom. The molecule has 1 aliphatic carbocycles. The molecule has 0 N–H and O–H groups in total. The normalized spacial score (nSPS) is 21.7. The third kappa shape index (κ3) is 6.26. The fourth-order valence-corrected chi connectivity index (χ4v) is 5.06. The molecule has 2 heterocycles. The van der Waals surface area contributed by atoms with Gasteiger partial charge in [-0.05, 0) is 44.4 Å². The maximum atomic E-state index is 11.6. The van der Waals surface area contributed by atoms with E-state index in [0.29, 0.717) is 22.0 Å². The second kappa shape index (κ2) is 11.4. The van der Waals surface area contributed by atoms with Gasteiger partial charge in [0, 0.05) is 45.2 Å². The first-order valence-corrected chi connectivity index (χ1v) is 12.1. The summed E-state index contributed by atoms with van der Waals surface area (Å²) in [7, 11) is 0. The molecule has 2 saturated heterocycles. The van der Waals surface area contributed by atoms with Crippen LogP contribution in [0.5, 0.6) is 0 Å². The molecule has 3 aliphatic rings. The molecule has 0 spiro atoms. The van der Waals surface area contributed by atoms with Crippen LogP contribution in [-0.2, 0) is 4.79 Å². The largest absolute Gasteiger partial charge is 0.368 e. The summed E-state index contributed by atoms with van der Waals surface area (Å²) in [5, 5.41) is 1.31. The highest BCUT2D eigenvalue weighted by atomic mass is 35.5. The van der Waals surface area contributed by atoms with Crippen LogP contribution in [0, 0.1) is 0 Å². The van der Waals surface area contributed by atoms with Crippen LogP contribution in [0.15, 0.2) is 18.2 Å². The van der Waals surface area contributed by atoms with Crippen LogP contribution in [0.4, 0.5) is 5.69 Å². The molecule has 6 heteroatoms. The molecule has 1 amide bonds. The lowest BCUT2D eigenvalue weighted by atomic mass is 9.92. The number of rotatable bonds is 3. The predicted molar refractivity (Wildman–Crippen MR) is 123 cm³/mol. The Morgan fingerprint density at radius 2 is 1.66 bits per heavy atom. The molecule has 2 aliphatic heterocycles. The van der Waals surface area contributed by atoms with Gasteiger partial charge in [0.25, 0.3) is 0 Å². The number of nitrogens with zero attached hydrogens (tertiary/aromatic N) is 3. The minimum absolute atomic E-state index is 0.415. The highest BCUT2D eigenvalue weighted by Gasteiger charge is 2.26. The molecule has 4 nitrogen and oxygen atoms in total. The number of anilines is 1. The summed E-state index contributed by atoms with van der Waals surface area (Å²) in [6.45, 7) is 8.59. The second-order valence-corrected chi connectivity index (χ2v) is 9.12. The monoisotopic (exact) mass is 439 g/mol. The maximum absolute atomic E-state index is 11.6. The van der Waals surface area contributed by atoms with Crippen molar-refractivity contribution in [2.45, 2.75) is 64.3 Å². The first kappa shape index (κ1) is 22.7.